The number of amides is 3. The topological polar surface area (TPSA) is 153 Å². The van der Waals surface area contributed by atoms with Gasteiger partial charge in [-0.25, -0.2) is 4.79 Å². The number of carbonyl (C=O) groups excluding carboxylic acids is 3. The van der Waals surface area contributed by atoms with Crippen molar-refractivity contribution in [2.45, 2.75) is 104 Å². The molecule has 3 atom stereocenters. The average molecular weight is 808 g/mol. The molecule has 1 heterocycles. The quantitative estimate of drug-likeness (QED) is 0.0882. The summed E-state index contributed by atoms with van der Waals surface area (Å²) in [5, 5.41) is 25.0. The summed E-state index contributed by atoms with van der Waals surface area (Å²) < 4.78 is 0. The molecule has 308 valence electrons. The van der Waals surface area contributed by atoms with Gasteiger partial charge in [0.25, 0.3) is 11.8 Å². The van der Waals surface area contributed by atoms with Crippen molar-refractivity contribution in [2.75, 3.05) is 18.9 Å². The number of aromatic carboxylic acids is 1. The van der Waals surface area contributed by atoms with E-state index < -0.39 is 11.9 Å². The molecule has 4 N–H and O–H groups in total. The van der Waals surface area contributed by atoms with Crippen LogP contribution in [0.1, 0.15) is 125 Å². The van der Waals surface area contributed by atoms with Crippen molar-refractivity contribution in [2.24, 2.45) is 11.8 Å². The molecule has 11 heteroatoms. The third-order valence-electron chi connectivity index (χ3n) is 11.4. The van der Waals surface area contributed by atoms with Crippen molar-refractivity contribution in [1.82, 2.24) is 10.2 Å². The second-order valence-corrected chi connectivity index (χ2v) is 16.7. The van der Waals surface area contributed by atoms with Crippen LogP contribution in [0.3, 0.4) is 0 Å². The lowest BCUT2D eigenvalue weighted by Gasteiger charge is -2.25. The molecule has 58 heavy (non-hydrogen) atoms. The Balaban J connectivity index is 1.21. The Hall–Kier alpha value is -5.29. The van der Waals surface area contributed by atoms with E-state index in [4.69, 9.17) is 5.11 Å². The van der Waals surface area contributed by atoms with Gasteiger partial charge in [-0.2, -0.15) is 0 Å². The van der Waals surface area contributed by atoms with Gasteiger partial charge in [-0.3, -0.25) is 19.2 Å². The standard InChI is InChI=1S/C47H57N3O7S/c1-5-30(2)35(12-9-27-50(4)41(51)25-26-42(52)53)21-19-33-10-8-11-37(29-33)44(54)49-46-43(38-13-6-7-14-40(38)58-46)45(55)48-39-24-20-34(28-31(39)3)16-15-32-17-22-36(23-18-32)47(56)57/h8,10-11,17-18,20-24,28-31,39H,5-7,9,12-16,19,25-27H2,1-4H3,(H,48,55)(H,49,54)(H,52,53)(H,56,57)/b35-21-/t30-,31?,39?/m1/s1. The van der Waals surface area contributed by atoms with Gasteiger partial charge in [-0.05, 0) is 117 Å². The Labute approximate surface area is 346 Å². The van der Waals surface area contributed by atoms with Gasteiger partial charge < -0.3 is 25.7 Å². The highest BCUT2D eigenvalue weighted by molar-refractivity contribution is 7.17. The van der Waals surface area contributed by atoms with Crippen LogP contribution >= 0.6 is 11.3 Å². The number of fused-ring (bicyclic) bond motifs is 1. The molecule has 2 aromatic carbocycles. The number of hydrogen-bond donors (Lipinski definition) is 4. The largest absolute Gasteiger partial charge is 0.481 e. The summed E-state index contributed by atoms with van der Waals surface area (Å²) in [6.07, 6.45) is 16.9. The Morgan fingerprint density at radius 3 is 2.40 bits per heavy atom. The molecular weight excluding hydrogens is 751 g/mol. The summed E-state index contributed by atoms with van der Waals surface area (Å²) in [5.74, 6) is -2.10. The molecule has 2 unspecified atom stereocenters. The molecule has 0 spiro atoms. The van der Waals surface area contributed by atoms with Crippen LogP contribution in [0, 0.1) is 11.8 Å². The van der Waals surface area contributed by atoms with Gasteiger partial charge in [-0.15, -0.1) is 11.3 Å². The van der Waals surface area contributed by atoms with Gasteiger partial charge in [-0.1, -0.05) is 80.5 Å². The molecule has 2 aliphatic carbocycles. The first-order valence-corrected chi connectivity index (χ1v) is 21.4. The zero-order valence-corrected chi connectivity index (χ0v) is 35.0. The Kier molecular flexibility index (Phi) is 15.8. The van der Waals surface area contributed by atoms with Crippen LogP contribution in [-0.2, 0) is 35.3 Å². The normalized spacial score (nSPS) is 16.8. The predicted molar refractivity (Wildman–Crippen MR) is 230 cm³/mol. The fraction of sp³-hybridized carbons (Fsp3) is 0.426. The molecule has 0 fully saturated rings. The number of nitrogens with zero attached hydrogens (tertiary/aromatic N) is 1. The average Bonchev–Trinajstić information content (AvgIpc) is 3.58. The minimum absolute atomic E-state index is 0.00220. The van der Waals surface area contributed by atoms with Crippen molar-refractivity contribution >= 4 is 46.0 Å². The number of benzene rings is 2. The lowest BCUT2D eigenvalue weighted by atomic mass is 9.89. The Morgan fingerprint density at radius 1 is 0.931 bits per heavy atom. The van der Waals surface area contributed by atoms with E-state index in [1.807, 2.05) is 36.4 Å². The zero-order chi connectivity index (χ0) is 41.8. The molecule has 1 aromatic heterocycles. The maximum atomic E-state index is 14.1. The molecule has 10 nitrogen and oxygen atoms in total. The molecule has 3 amide bonds. The SMILES string of the molecule is CC[C@@H](C)/C(=C\Cc1cccc(C(=O)Nc2sc3c(c2C(=O)NC2C=CC(CCc4ccc(C(=O)O)cc4)=CC2C)CCCC3)c1)CCCN(C)C(=O)CCC(=O)O. The summed E-state index contributed by atoms with van der Waals surface area (Å²) in [7, 11) is 1.72. The summed E-state index contributed by atoms with van der Waals surface area (Å²) in [6.45, 7) is 6.99. The highest BCUT2D eigenvalue weighted by Crippen LogP contribution is 2.39. The Morgan fingerprint density at radius 2 is 1.69 bits per heavy atom. The summed E-state index contributed by atoms with van der Waals surface area (Å²) in [4.78, 5) is 65.0. The summed E-state index contributed by atoms with van der Waals surface area (Å²) >= 11 is 1.51. The van der Waals surface area contributed by atoms with E-state index in [9.17, 15) is 29.1 Å². The van der Waals surface area contributed by atoms with Crippen molar-refractivity contribution < 1.29 is 34.2 Å². The number of thiophene rings is 1. The van der Waals surface area contributed by atoms with E-state index >= 15 is 0 Å². The third-order valence-corrected chi connectivity index (χ3v) is 12.6. The van der Waals surface area contributed by atoms with E-state index in [1.165, 1.54) is 22.5 Å². The number of carboxylic acids is 2. The first kappa shape index (κ1) is 43.8. The third kappa shape index (κ3) is 12.1. The highest BCUT2D eigenvalue weighted by atomic mass is 32.1. The van der Waals surface area contributed by atoms with Crippen LogP contribution in [0.25, 0.3) is 0 Å². The lowest BCUT2D eigenvalue weighted by molar-refractivity contribution is -0.140. The predicted octanol–water partition coefficient (Wildman–Crippen LogP) is 9.06. The number of aryl methyl sites for hydroxylation is 2. The molecule has 0 aliphatic heterocycles. The molecule has 0 saturated carbocycles. The molecule has 0 saturated heterocycles. The van der Waals surface area contributed by atoms with E-state index in [0.717, 1.165) is 79.4 Å². The number of nitrogens with one attached hydrogen (secondary N) is 2. The van der Waals surface area contributed by atoms with Gasteiger partial charge in [0.2, 0.25) is 5.91 Å². The number of allylic oxidation sites excluding steroid dienone is 4. The number of rotatable bonds is 19. The van der Waals surface area contributed by atoms with Crippen LogP contribution in [0.4, 0.5) is 5.00 Å². The van der Waals surface area contributed by atoms with Crippen LogP contribution in [0.15, 0.2) is 84.0 Å². The van der Waals surface area contributed by atoms with Gasteiger partial charge in [0.1, 0.15) is 5.00 Å². The van der Waals surface area contributed by atoms with E-state index in [0.29, 0.717) is 35.0 Å². The molecular formula is C47H57N3O7S. The van der Waals surface area contributed by atoms with Crippen molar-refractivity contribution in [3.63, 3.8) is 0 Å². The molecule has 0 bridgehead atoms. The summed E-state index contributed by atoms with van der Waals surface area (Å²) in [5.41, 5.74) is 6.93. The first-order valence-electron chi connectivity index (χ1n) is 20.5. The van der Waals surface area contributed by atoms with Crippen LogP contribution in [0.2, 0.25) is 0 Å². The number of aliphatic carboxylic acids is 1. The van der Waals surface area contributed by atoms with E-state index in [-0.39, 0.29) is 48.1 Å². The van der Waals surface area contributed by atoms with E-state index in [1.54, 1.807) is 30.1 Å². The number of carbonyl (C=O) groups is 5. The van der Waals surface area contributed by atoms with Crippen LogP contribution in [-0.4, -0.2) is 64.4 Å². The van der Waals surface area contributed by atoms with Crippen molar-refractivity contribution in [3.8, 4) is 0 Å². The van der Waals surface area contributed by atoms with Crippen molar-refractivity contribution in [3.05, 3.63) is 122 Å². The smallest absolute Gasteiger partial charge is 0.335 e. The number of hydrogen-bond acceptors (Lipinski definition) is 6. The molecule has 5 rings (SSSR count). The van der Waals surface area contributed by atoms with Crippen molar-refractivity contribution in [1.29, 1.82) is 0 Å². The number of carboxylic acid groups (broad SMARTS) is 2. The fourth-order valence-electron chi connectivity index (χ4n) is 7.59. The van der Waals surface area contributed by atoms with Gasteiger partial charge >= 0.3 is 11.9 Å². The van der Waals surface area contributed by atoms with Gasteiger partial charge in [0.05, 0.1) is 23.6 Å². The zero-order valence-electron chi connectivity index (χ0n) is 34.1. The minimum Gasteiger partial charge on any atom is -0.481 e. The van der Waals surface area contributed by atoms with Crippen LogP contribution in [0.5, 0.6) is 0 Å². The number of anilines is 1. The summed E-state index contributed by atoms with van der Waals surface area (Å²) in [6, 6.07) is 14.4. The maximum absolute atomic E-state index is 14.1. The molecule has 2 aliphatic rings. The fourth-order valence-corrected chi connectivity index (χ4v) is 8.87. The van der Waals surface area contributed by atoms with E-state index in [2.05, 4.69) is 49.6 Å². The van der Waals surface area contributed by atoms with Gasteiger partial charge in [0, 0.05) is 30.5 Å². The highest BCUT2D eigenvalue weighted by Gasteiger charge is 2.29. The van der Waals surface area contributed by atoms with Crippen LogP contribution < -0.4 is 10.6 Å². The minimum atomic E-state index is -0.975. The molecule has 3 aromatic rings. The van der Waals surface area contributed by atoms with Gasteiger partial charge in [0.15, 0.2) is 0 Å². The Bertz CT molecular complexity index is 2060. The second kappa shape index (κ2) is 20.9. The monoisotopic (exact) mass is 807 g/mol. The molecule has 0 radical (unpaired) electrons. The lowest BCUT2D eigenvalue weighted by Crippen LogP contribution is -2.39. The first-order chi connectivity index (χ1) is 27.8. The maximum Gasteiger partial charge on any atom is 0.335 e. The second-order valence-electron chi connectivity index (χ2n) is 15.6.